The third-order valence-electron chi connectivity index (χ3n) is 6.94. The maximum absolute atomic E-state index is 13.1. The number of aliphatic carboxylic acids is 2. The molecular weight excluding hydrogens is 518 g/mol. The van der Waals surface area contributed by atoms with Gasteiger partial charge in [-0.1, -0.05) is 50.0 Å². The van der Waals surface area contributed by atoms with Crippen molar-refractivity contribution in [3.63, 3.8) is 0 Å². The number of ether oxygens (including phenoxy) is 1. The van der Waals surface area contributed by atoms with Gasteiger partial charge in [0.25, 0.3) is 5.56 Å². The van der Waals surface area contributed by atoms with Gasteiger partial charge in [0, 0.05) is 24.4 Å². The van der Waals surface area contributed by atoms with Crippen LogP contribution in [0.2, 0.25) is 0 Å². The van der Waals surface area contributed by atoms with Crippen molar-refractivity contribution in [1.29, 1.82) is 0 Å². The number of Topliss-reactive ketones (excluding diaryl/α,β-unsaturated/α-hetero) is 1. The third-order valence-corrected chi connectivity index (χ3v) is 6.94. The summed E-state index contributed by atoms with van der Waals surface area (Å²) in [5.41, 5.74) is -2.35. The van der Waals surface area contributed by atoms with E-state index in [4.69, 9.17) is 9.15 Å². The molecule has 0 atom stereocenters. The van der Waals surface area contributed by atoms with Crippen molar-refractivity contribution in [3.8, 4) is 5.75 Å². The predicted molar refractivity (Wildman–Crippen MR) is 146 cm³/mol. The van der Waals surface area contributed by atoms with Crippen molar-refractivity contribution < 1.29 is 33.8 Å². The molecule has 40 heavy (non-hydrogen) atoms. The molecule has 11 heteroatoms. The number of aromatic nitrogens is 3. The number of furan rings is 1. The minimum Gasteiger partial charge on any atom is -0.493 e. The normalized spacial score (nSPS) is 11.6. The highest BCUT2D eigenvalue weighted by Crippen LogP contribution is 2.32. The molecule has 0 saturated heterocycles. The molecule has 0 aliphatic carbocycles. The maximum atomic E-state index is 13.1. The highest BCUT2D eigenvalue weighted by Gasteiger charge is 2.48. The Labute approximate surface area is 229 Å². The van der Waals surface area contributed by atoms with Crippen molar-refractivity contribution in [2.45, 2.75) is 58.4 Å². The zero-order chi connectivity index (χ0) is 28.7. The van der Waals surface area contributed by atoms with E-state index in [1.54, 1.807) is 42.5 Å². The average molecular weight is 550 g/mol. The Morgan fingerprint density at radius 1 is 1.00 bits per heavy atom. The number of carbonyl (C=O) groups excluding carboxylic acids is 1. The topological polar surface area (TPSA) is 162 Å². The summed E-state index contributed by atoms with van der Waals surface area (Å²) in [7, 11) is 0. The van der Waals surface area contributed by atoms with Crippen molar-refractivity contribution in [3.05, 3.63) is 64.6 Å². The van der Waals surface area contributed by atoms with Crippen molar-refractivity contribution in [1.82, 2.24) is 15.0 Å². The van der Waals surface area contributed by atoms with Gasteiger partial charge in [0.2, 0.25) is 0 Å². The van der Waals surface area contributed by atoms with Crippen LogP contribution in [0, 0.1) is 5.41 Å². The summed E-state index contributed by atoms with van der Waals surface area (Å²) < 4.78 is 12.4. The van der Waals surface area contributed by atoms with Crippen LogP contribution in [0.15, 0.2) is 57.7 Å². The largest absolute Gasteiger partial charge is 0.493 e. The van der Waals surface area contributed by atoms with Crippen molar-refractivity contribution in [2.75, 3.05) is 6.61 Å². The van der Waals surface area contributed by atoms with Gasteiger partial charge in [-0.25, -0.2) is 4.68 Å². The standard InChI is InChI=1S/C29H31N3O8/c1-2-3-4-5-8-15-39-20-12-11-19-16-25(40-24(19)17-20)23(33)18-29(27(35)36,28(37)38)13-14-32-26(34)21-9-6-7-10-22(21)30-31-32/h6-7,9-12,16-17H,2-5,8,13-15,18H2,1H3,(H,35,36)(H,37,38). The van der Waals surface area contributed by atoms with E-state index < -0.39 is 41.5 Å². The number of carboxylic acids is 2. The zero-order valence-corrected chi connectivity index (χ0v) is 22.2. The monoisotopic (exact) mass is 549 g/mol. The number of rotatable bonds is 15. The van der Waals surface area contributed by atoms with Gasteiger partial charge in [-0.2, -0.15) is 0 Å². The quantitative estimate of drug-likeness (QED) is 0.121. The number of carboxylic acid groups (broad SMARTS) is 2. The van der Waals surface area contributed by atoms with Crippen LogP contribution in [-0.4, -0.2) is 49.5 Å². The number of ketones is 1. The lowest BCUT2D eigenvalue weighted by Gasteiger charge is -2.23. The van der Waals surface area contributed by atoms with E-state index >= 15 is 0 Å². The Morgan fingerprint density at radius 3 is 2.50 bits per heavy atom. The lowest BCUT2D eigenvalue weighted by molar-refractivity contribution is -0.165. The SMILES string of the molecule is CCCCCCCOc1ccc2cc(C(=O)CC(CCn3nnc4ccccc4c3=O)(C(=O)O)C(=O)O)oc2c1. The summed E-state index contributed by atoms with van der Waals surface area (Å²) in [6.07, 6.45) is 4.05. The smallest absolute Gasteiger partial charge is 0.321 e. The molecule has 2 aromatic heterocycles. The van der Waals surface area contributed by atoms with Gasteiger partial charge in [-0.15, -0.1) is 5.10 Å². The summed E-state index contributed by atoms with van der Waals surface area (Å²) in [4.78, 5) is 50.4. The van der Waals surface area contributed by atoms with Crippen molar-refractivity contribution in [2.24, 2.45) is 5.41 Å². The molecule has 0 amide bonds. The highest BCUT2D eigenvalue weighted by molar-refractivity contribution is 6.06. The molecule has 0 radical (unpaired) electrons. The second-order valence-electron chi connectivity index (χ2n) is 9.75. The van der Waals surface area contributed by atoms with Gasteiger partial charge < -0.3 is 19.4 Å². The maximum Gasteiger partial charge on any atom is 0.321 e. The van der Waals surface area contributed by atoms with Crippen LogP contribution < -0.4 is 10.3 Å². The lowest BCUT2D eigenvalue weighted by atomic mass is 9.79. The first-order chi connectivity index (χ1) is 19.2. The number of unbranched alkanes of at least 4 members (excludes halogenated alkanes) is 4. The predicted octanol–water partition coefficient (Wildman–Crippen LogP) is 4.71. The van der Waals surface area contributed by atoms with Gasteiger partial charge in [0.15, 0.2) is 17.0 Å². The molecule has 2 heterocycles. The molecule has 210 valence electrons. The lowest BCUT2D eigenvalue weighted by Crippen LogP contribution is -2.43. The molecule has 0 unspecified atom stereocenters. The summed E-state index contributed by atoms with van der Waals surface area (Å²) in [6.45, 7) is 2.33. The number of carbonyl (C=O) groups is 3. The Kier molecular flexibility index (Phi) is 8.93. The first kappa shape index (κ1) is 28.5. The van der Waals surface area contributed by atoms with Crippen molar-refractivity contribution >= 4 is 39.6 Å². The molecule has 4 rings (SSSR count). The van der Waals surface area contributed by atoms with Crippen LogP contribution in [0.25, 0.3) is 21.9 Å². The van der Waals surface area contributed by atoms with E-state index in [0.717, 1.165) is 30.4 Å². The van der Waals surface area contributed by atoms with E-state index in [2.05, 4.69) is 17.2 Å². The fraction of sp³-hybridized carbons (Fsp3) is 0.379. The van der Waals surface area contributed by atoms with Crippen LogP contribution in [0.1, 0.15) is 62.4 Å². The number of nitrogens with zero attached hydrogens (tertiary/aromatic N) is 3. The third kappa shape index (κ3) is 6.19. The van der Waals surface area contributed by atoms with E-state index in [1.165, 1.54) is 12.5 Å². The summed E-state index contributed by atoms with van der Waals surface area (Å²) in [5.74, 6) is -3.80. The molecule has 0 aliphatic rings. The molecule has 0 spiro atoms. The second-order valence-corrected chi connectivity index (χ2v) is 9.75. The van der Waals surface area contributed by atoms with E-state index in [9.17, 15) is 29.4 Å². The average Bonchev–Trinajstić information content (AvgIpc) is 3.37. The summed E-state index contributed by atoms with van der Waals surface area (Å²) in [6, 6.07) is 13.0. The molecule has 0 fully saturated rings. The Bertz CT molecular complexity index is 1580. The first-order valence-corrected chi connectivity index (χ1v) is 13.2. The number of fused-ring (bicyclic) bond motifs is 2. The van der Waals surface area contributed by atoms with E-state index in [0.29, 0.717) is 28.8 Å². The van der Waals surface area contributed by atoms with Crippen LogP contribution in [0.4, 0.5) is 0 Å². The molecule has 2 N–H and O–H groups in total. The van der Waals surface area contributed by atoms with Crippen LogP contribution >= 0.6 is 0 Å². The van der Waals surface area contributed by atoms with Gasteiger partial charge in [0.05, 0.1) is 12.0 Å². The first-order valence-electron chi connectivity index (χ1n) is 13.2. The second kappa shape index (κ2) is 12.5. The molecule has 2 aromatic carbocycles. The molecule has 4 aromatic rings. The molecular formula is C29H31N3O8. The van der Waals surface area contributed by atoms with Crippen LogP contribution in [-0.2, 0) is 16.1 Å². The minimum atomic E-state index is -2.52. The number of aryl methyl sites for hydroxylation is 1. The fourth-order valence-electron chi connectivity index (χ4n) is 4.51. The van der Waals surface area contributed by atoms with Crippen LogP contribution in [0.3, 0.4) is 0 Å². The molecule has 0 bridgehead atoms. The number of benzene rings is 2. The van der Waals surface area contributed by atoms with E-state index in [-0.39, 0.29) is 17.7 Å². The molecule has 0 aliphatic heterocycles. The van der Waals surface area contributed by atoms with Gasteiger partial charge in [0.1, 0.15) is 16.8 Å². The van der Waals surface area contributed by atoms with Crippen LogP contribution in [0.5, 0.6) is 5.75 Å². The van der Waals surface area contributed by atoms with Gasteiger partial charge in [-0.3, -0.25) is 19.2 Å². The Morgan fingerprint density at radius 2 is 1.75 bits per heavy atom. The zero-order valence-electron chi connectivity index (χ0n) is 22.2. The highest BCUT2D eigenvalue weighted by atomic mass is 16.5. The van der Waals surface area contributed by atoms with E-state index in [1.807, 2.05) is 0 Å². The molecule has 0 saturated carbocycles. The van der Waals surface area contributed by atoms with Gasteiger partial charge >= 0.3 is 11.9 Å². The Balaban J connectivity index is 1.49. The number of hydrogen-bond donors (Lipinski definition) is 2. The summed E-state index contributed by atoms with van der Waals surface area (Å²) in [5, 5.41) is 28.4. The van der Waals surface area contributed by atoms with Gasteiger partial charge in [-0.05, 0) is 43.2 Å². The fourth-order valence-corrected chi connectivity index (χ4v) is 4.51. The minimum absolute atomic E-state index is 0.166. The number of hydrogen-bond acceptors (Lipinski definition) is 8. The summed E-state index contributed by atoms with van der Waals surface area (Å²) >= 11 is 0. The molecule has 11 nitrogen and oxygen atoms in total. The Hall–Kier alpha value is -4.54.